The number of nitrogens with zero attached hydrogens (tertiary/aromatic N) is 4. The van der Waals surface area contributed by atoms with Gasteiger partial charge >= 0.3 is 0 Å². The highest BCUT2D eigenvalue weighted by Crippen LogP contribution is 2.18. The number of hydrogen-bond acceptors (Lipinski definition) is 3. The summed E-state index contributed by atoms with van der Waals surface area (Å²) in [5.74, 6) is 0.716. The second kappa shape index (κ2) is 4.92. The van der Waals surface area contributed by atoms with Crippen molar-refractivity contribution in [3.8, 4) is 0 Å². The Bertz CT molecular complexity index is 750. The van der Waals surface area contributed by atoms with Crippen molar-refractivity contribution in [1.29, 1.82) is 0 Å². The number of halogens is 1. The summed E-state index contributed by atoms with van der Waals surface area (Å²) in [6, 6.07) is 10.5. The van der Waals surface area contributed by atoms with Crippen molar-refractivity contribution in [2.75, 3.05) is 11.9 Å². The quantitative estimate of drug-likeness (QED) is 0.733. The van der Waals surface area contributed by atoms with Crippen LogP contribution in [-0.4, -0.2) is 21.6 Å². The van der Waals surface area contributed by atoms with Crippen molar-refractivity contribution < 1.29 is 4.39 Å². The Kier molecular flexibility index (Phi) is 3.10. The molecule has 0 atom stereocenters. The Hall–Kier alpha value is -2.43. The topological polar surface area (TPSA) is 33.4 Å². The number of hydrogen-bond donors (Lipinski definition) is 0. The lowest BCUT2D eigenvalue weighted by Crippen LogP contribution is -2.20. The third-order valence-corrected chi connectivity index (χ3v) is 3.17. The predicted molar refractivity (Wildman–Crippen MR) is 76.2 cm³/mol. The number of aryl methyl sites for hydroxylation is 1. The van der Waals surface area contributed by atoms with Gasteiger partial charge in [0.2, 0.25) is 0 Å². The van der Waals surface area contributed by atoms with Gasteiger partial charge < -0.3 is 4.90 Å². The van der Waals surface area contributed by atoms with Gasteiger partial charge in [0.05, 0.1) is 6.20 Å². The zero-order chi connectivity index (χ0) is 14.1. The van der Waals surface area contributed by atoms with Gasteiger partial charge in [-0.25, -0.2) is 9.37 Å². The summed E-state index contributed by atoms with van der Waals surface area (Å²) in [6.07, 6.45) is 1.72. The molecule has 0 spiro atoms. The molecule has 3 aromatic rings. The summed E-state index contributed by atoms with van der Waals surface area (Å²) in [4.78, 5) is 6.44. The van der Waals surface area contributed by atoms with Gasteiger partial charge in [0.1, 0.15) is 11.6 Å². The van der Waals surface area contributed by atoms with Gasteiger partial charge in [-0.3, -0.25) is 0 Å². The minimum atomic E-state index is -0.217. The van der Waals surface area contributed by atoms with E-state index < -0.39 is 0 Å². The molecule has 0 saturated carbocycles. The van der Waals surface area contributed by atoms with Crippen molar-refractivity contribution in [2.24, 2.45) is 0 Å². The van der Waals surface area contributed by atoms with Gasteiger partial charge in [0, 0.05) is 31.4 Å². The molecule has 1 aromatic carbocycles. The Labute approximate surface area is 116 Å². The number of aromatic nitrogens is 3. The Morgan fingerprint density at radius 3 is 2.90 bits per heavy atom. The molecule has 4 nitrogen and oxygen atoms in total. The Morgan fingerprint density at radius 1 is 1.25 bits per heavy atom. The highest BCUT2D eigenvalue weighted by molar-refractivity contribution is 5.50. The first kappa shape index (κ1) is 12.6. The molecule has 0 aliphatic heterocycles. The van der Waals surface area contributed by atoms with Crippen LogP contribution in [0, 0.1) is 12.7 Å². The molecule has 5 heteroatoms. The lowest BCUT2D eigenvalue weighted by molar-refractivity contribution is 0.625. The van der Waals surface area contributed by atoms with E-state index in [2.05, 4.69) is 10.1 Å². The molecule has 0 amide bonds. The van der Waals surface area contributed by atoms with Crippen LogP contribution in [0.5, 0.6) is 0 Å². The molecule has 0 unspecified atom stereocenters. The highest BCUT2D eigenvalue weighted by Gasteiger charge is 2.09. The molecule has 3 rings (SSSR count). The van der Waals surface area contributed by atoms with Crippen LogP contribution in [-0.2, 0) is 6.54 Å². The average molecular weight is 270 g/mol. The zero-order valence-corrected chi connectivity index (χ0v) is 11.4. The van der Waals surface area contributed by atoms with Crippen molar-refractivity contribution in [3.63, 3.8) is 0 Å². The first-order valence-corrected chi connectivity index (χ1v) is 6.40. The van der Waals surface area contributed by atoms with Gasteiger partial charge in [0.25, 0.3) is 0 Å². The maximum Gasteiger partial charge on any atom is 0.157 e. The molecular weight excluding hydrogens is 255 g/mol. The van der Waals surface area contributed by atoms with Gasteiger partial charge in [-0.05, 0) is 24.6 Å². The summed E-state index contributed by atoms with van der Waals surface area (Å²) in [7, 11) is 1.96. The average Bonchev–Trinajstić information content (AvgIpc) is 2.85. The molecule has 0 aliphatic rings. The minimum Gasteiger partial charge on any atom is -0.355 e. The summed E-state index contributed by atoms with van der Waals surface area (Å²) in [6.45, 7) is 2.56. The third kappa shape index (κ3) is 2.34. The van der Waals surface area contributed by atoms with Crippen molar-refractivity contribution in [2.45, 2.75) is 13.5 Å². The standard InChI is InChI=1S/C15H15FN4/c1-11-8-15(20-14(18-11)6-7-17-20)19(2)10-12-4-3-5-13(16)9-12/h3-9H,10H2,1-2H3. The molecular formula is C15H15FN4. The lowest BCUT2D eigenvalue weighted by Gasteiger charge is -2.20. The SMILES string of the molecule is Cc1cc(N(C)Cc2cccc(F)c2)n2nccc2n1. The van der Waals surface area contributed by atoms with Gasteiger partial charge in [-0.2, -0.15) is 9.61 Å². The predicted octanol–water partition coefficient (Wildman–Crippen LogP) is 2.81. The molecule has 0 N–H and O–H groups in total. The Morgan fingerprint density at radius 2 is 2.10 bits per heavy atom. The van der Waals surface area contributed by atoms with E-state index in [-0.39, 0.29) is 5.82 Å². The van der Waals surface area contributed by atoms with Gasteiger partial charge in [-0.15, -0.1) is 0 Å². The second-order valence-electron chi connectivity index (χ2n) is 4.84. The molecule has 0 bridgehead atoms. The monoisotopic (exact) mass is 270 g/mol. The van der Waals surface area contributed by atoms with Crippen molar-refractivity contribution >= 4 is 11.5 Å². The summed E-state index contributed by atoms with van der Waals surface area (Å²) in [5.41, 5.74) is 2.66. The normalized spacial score (nSPS) is 10.9. The van der Waals surface area contributed by atoms with Crippen LogP contribution >= 0.6 is 0 Å². The fourth-order valence-corrected chi connectivity index (χ4v) is 2.28. The van der Waals surface area contributed by atoms with Crippen LogP contribution in [0.2, 0.25) is 0 Å². The van der Waals surface area contributed by atoms with E-state index in [0.29, 0.717) is 6.54 Å². The molecule has 102 valence electrons. The second-order valence-corrected chi connectivity index (χ2v) is 4.84. The Balaban J connectivity index is 1.96. The molecule has 20 heavy (non-hydrogen) atoms. The summed E-state index contributed by atoms with van der Waals surface area (Å²) >= 11 is 0. The van der Waals surface area contributed by atoms with Crippen molar-refractivity contribution in [1.82, 2.24) is 14.6 Å². The summed E-state index contributed by atoms with van der Waals surface area (Å²) in [5, 5.41) is 4.28. The van der Waals surface area contributed by atoms with Crippen LogP contribution in [0.25, 0.3) is 5.65 Å². The fraction of sp³-hybridized carbons (Fsp3) is 0.200. The van der Waals surface area contributed by atoms with E-state index >= 15 is 0 Å². The molecule has 0 radical (unpaired) electrons. The van der Waals surface area contributed by atoms with E-state index in [0.717, 1.165) is 22.7 Å². The maximum atomic E-state index is 13.2. The van der Waals surface area contributed by atoms with Gasteiger partial charge in [-0.1, -0.05) is 12.1 Å². The van der Waals surface area contributed by atoms with Crippen LogP contribution < -0.4 is 4.90 Å². The molecule has 0 aliphatic carbocycles. The molecule has 2 aromatic heterocycles. The molecule has 0 fully saturated rings. The fourth-order valence-electron chi connectivity index (χ4n) is 2.28. The maximum absolute atomic E-state index is 13.2. The van der Waals surface area contributed by atoms with E-state index in [9.17, 15) is 4.39 Å². The summed E-state index contributed by atoms with van der Waals surface area (Å²) < 4.78 is 15.0. The smallest absolute Gasteiger partial charge is 0.157 e. The van der Waals surface area contributed by atoms with E-state index in [1.807, 2.05) is 37.1 Å². The highest BCUT2D eigenvalue weighted by atomic mass is 19.1. The van der Waals surface area contributed by atoms with Crippen LogP contribution in [0.3, 0.4) is 0 Å². The van der Waals surface area contributed by atoms with Crippen molar-refractivity contribution in [3.05, 3.63) is 59.7 Å². The first-order valence-electron chi connectivity index (χ1n) is 6.40. The number of benzene rings is 1. The number of fused-ring (bicyclic) bond motifs is 1. The molecule has 2 heterocycles. The third-order valence-electron chi connectivity index (χ3n) is 3.17. The number of anilines is 1. The number of rotatable bonds is 3. The minimum absolute atomic E-state index is 0.217. The van der Waals surface area contributed by atoms with E-state index in [4.69, 9.17) is 0 Å². The van der Waals surface area contributed by atoms with Crippen LogP contribution in [0.15, 0.2) is 42.6 Å². The lowest BCUT2D eigenvalue weighted by atomic mass is 10.2. The van der Waals surface area contributed by atoms with E-state index in [1.165, 1.54) is 6.07 Å². The van der Waals surface area contributed by atoms with Crippen LogP contribution in [0.4, 0.5) is 10.2 Å². The first-order chi connectivity index (χ1) is 9.63. The molecule has 0 saturated heterocycles. The zero-order valence-electron chi connectivity index (χ0n) is 11.4. The van der Waals surface area contributed by atoms with Crippen LogP contribution in [0.1, 0.15) is 11.3 Å². The largest absolute Gasteiger partial charge is 0.355 e. The van der Waals surface area contributed by atoms with E-state index in [1.54, 1.807) is 22.8 Å². The van der Waals surface area contributed by atoms with Gasteiger partial charge in [0.15, 0.2) is 5.65 Å².